The molecular weight excluding hydrogens is 426 g/mol. The summed E-state index contributed by atoms with van der Waals surface area (Å²) in [6, 6.07) is 12.9. The molecule has 7 nitrogen and oxygen atoms in total. The number of amides is 1. The van der Waals surface area contributed by atoms with E-state index in [-0.39, 0.29) is 5.91 Å². The molecule has 0 spiro atoms. The molecule has 1 aliphatic rings. The van der Waals surface area contributed by atoms with Crippen LogP contribution in [0.4, 0.5) is 17.1 Å². The normalized spacial score (nSPS) is 13.3. The molecule has 3 aromatic rings. The number of ether oxygens (including phenoxy) is 1. The Kier molecular flexibility index (Phi) is 6.55. The Hall–Kier alpha value is -3.60. The molecule has 0 atom stereocenters. The Morgan fingerprint density at radius 2 is 2.09 bits per heavy atom. The molecule has 1 amide bonds. The van der Waals surface area contributed by atoms with E-state index in [1.54, 1.807) is 30.3 Å². The number of anilines is 3. The first-order valence-corrected chi connectivity index (χ1v) is 10.6. The van der Waals surface area contributed by atoms with Gasteiger partial charge in [-0.1, -0.05) is 23.2 Å². The summed E-state index contributed by atoms with van der Waals surface area (Å²) in [5.74, 6) is 0.272. The fourth-order valence-corrected chi connectivity index (χ4v) is 3.85. The Morgan fingerprint density at radius 3 is 2.81 bits per heavy atom. The molecule has 0 bridgehead atoms. The van der Waals surface area contributed by atoms with Crippen LogP contribution >= 0.6 is 11.6 Å². The van der Waals surface area contributed by atoms with E-state index < -0.39 is 0 Å². The van der Waals surface area contributed by atoms with Crippen LogP contribution in [0.5, 0.6) is 5.75 Å². The van der Waals surface area contributed by atoms with Crippen LogP contribution in [0.15, 0.2) is 54.2 Å². The molecular formula is C24H22ClN5O2. The van der Waals surface area contributed by atoms with Gasteiger partial charge in [0.05, 0.1) is 29.6 Å². The topological polar surface area (TPSA) is 99.1 Å². The second-order valence-electron chi connectivity index (χ2n) is 7.41. The first kappa shape index (κ1) is 21.6. The minimum Gasteiger partial charge on any atom is -0.494 e. The van der Waals surface area contributed by atoms with E-state index in [2.05, 4.69) is 27.0 Å². The number of fused-ring (bicyclic) bond motifs is 1. The zero-order valence-corrected chi connectivity index (χ0v) is 18.3. The number of halogens is 1. The van der Waals surface area contributed by atoms with E-state index in [1.165, 1.54) is 13.3 Å². The maximum absolute atomic E-state index is 12.7. The lowest BCUT2D eigenvalue weighted by Gasteiger charge is -2.16. The third kappa shape index (κ3) is 4.83. The van der Waals surface area contributed by atoms with Crippen molar-refractivity contribution >= 4 is 45.5 Å². The number of pyridine rings is 1. The zero-order valence-electron chi connectivity index (χ0n) is 17.5. The number of carbonyl (C=O) groups excluding carboxylic acids is 1. The highest BCUT2D eigenvalue weighted by atomic mass is 35.5. The van der Waals surface area contributed by atoms with Crippen molar-refractivity contribution in [3.8, 4) is 11.8 Å². The lowest BCUT2D eigenvalue weighted by molar-refractivity contribution is -0.112. The first-order valence-electron chi connectivity index (χ1n) is 10.2. The van der Waals surface area contributed by atoms with E-state index in [4.69, 9.17) is 16.3 Å². The van der Waals surface area contributed by atoms with Gasteiger partial charge in [-0.2, -0.15) is 5.26 Å². The number of carbonyl (C=O) groups is 1. The van der Waals surface area contributed by atoms with Crippen molar-refractivity contribution in [3.63, 3.8) is 0 Å². The van der Waals surface area contributed by atoms with Crippen molar-refractivity contribution < 1.29 is 9.53 Å². The molecule has 1 saturated heterocycles. The number of aromatic nitrogens is 1. The monoisotopic (exact) mass is 447 g/mol. The summed E-state index contributed by atoms with van der Waals surface area (Å²) in [6.45, 7) is 1.75. The van der Waals surface area contributed by atoms with Crippen molar-refractivity contribution in [2.24, 2.45) is 0 Å². The summed E-state index contributed by atoms with van der Waals surface area (Å²) in [5.41, 5.74) is 3.92. The van der Waals surface area contributed by atoms with Gasteiger partial charge in [0.25, 0.3) is 0 Å². The molecule has 2 aromatic carbocycles. The van der Waals surface area contributed by atoms with Gasteiger partial charge < -0.3 is 20.7 Å². The summed E-state index contributed by atoms with van der Waals surface area (Å²) in [5, 5.41) is 20.4. The Balaban J connectivity index is 1.74. The minimum atomic E-state index is -0.215. The number of hydrogen-bond acceptors (Lipinski definition) is 6. The fourth-order valence-electron chi connectivity index (χ4n) is 3.66. The van der Waals surface area contributed by atoms with Crippen LogP contribution in [-0.2, 0) is 4.79 Å². The highest BCUT2D eigenvalue weighted by molar-refractivity contribution is 6.30. The maximum atomic E-state index is 12.7. The number of nitriles is 1. The summed E-state index contributed by atoms with van der Waals surface area (Å²) >= 11 is 6.11. The van der Waals surface area contributed by atoms with Crippen LogP contribution in [0.2, 0.25) is 5.02 Å². The van der Waals surface area contributed by atoms with Gasteiger partial charge in [0, 0.05) is 34.4 Å². The molecule has 1 aromatic heterocycles. The Labute approximate surface area is 191 Å². The number of hydrogen-bond donors (Lipinski definition) is 3. The molecule has 4 rings (SSSR count). The second kappa shape index (κ2) is 9.69. The van der Waals surface area contributed by atoms with Crippen LogP contribution in [0.1, 0.15) is 18.4 Å². The number of nitrogens with one attached hydrogen (secondary N) is 3. The summed E-state index contributed by atoms with van der Waals surface area (Å²) in [4.78, 5) is 17.1. The lowest BCUT2D eigenvalue weighted by Crippen LogP contribution is -2.24. The van der Waals surface area contributed by atoms with Crippen LogP contribution < -0.4 is 20.7 Å². The summed E-state index contributed by atoms with van der Waals surface area (Å²) in [6.07, 6.45) is 4.87. The van der Waals surface area contributed by atoms with Crippen molar-refractivity contribution in [2.75, 3.05) is 30.8 Å². The van der Waals surface area contributed by atoms with Gasteiger partial charge in [-0.05, 0) is 50.2 Å². The van der Waals surface area contributed by atoms with Gasteiger partial charge in [-0.25, -0.2) is 0 Å². The summed E-state index contributed by atoms with van der Waals surface area (Å²) < 4.78 is 5.49. The van der Waals surface area contributed by atoms with Gasteiger partial charge >= 0.3 is 0 Å². The quantitative estimate of drug-likeness (QED) is 0.487. The van der Waals surface area contributed by atoms with Crippen LogP contribution in [-0.4, -0.2) is 31.1 Å². The Morgan fingerprint density at radius 1 is 1.28 bits per heavy atom. The smallest absolute Gasteiger partial charge is 0.248 e. The Bertz CT molecular complexity index is 1240. The van der Waals surface area contributed by atoms with Crippen molar-refractivity contribution in [1.29, 1.82) is 5.26 Å². The predicted octanol–water partition coefficient (Wildman–Crippen LogP) is 4.76. The van der Waals surface area contributed by atoms with Gasteiger partial charge in [0.1, 0.15) is 11.8 Å². The van der Waals surface area contributed by atoms with Gasteiger partial charge in [0.2, 0.25) is 5.91 Å². The van der Waals surface area contributed by atoms with Crippen molar-refractivity contribution in [3.05, 3.63) is 64.8 Å². The SMILES string of the molecule is COc1cc2ncc(C#N)c(Nc3cccc(Cl)c3)c2cc1NC(=O)C=C1CCNCC1. The van der Waals surface area contributed by atoms with E-state index in [9.17, 15) is 10.1 Å². The molecule has 0 saturated carbocycles. The minimum absolute atomic E-state index is 0.215. The standard InChI is InChI=1S/C24H22ClN5O2/c1-32-22-12-20-19(11-21(22)30-23(31)9-15-5-7-27-8-6-15)24(16(13-26)14-28-20)29-18-4-2-3-17(25)10-18/h2-4,9-12,14,27H,5-8H2,1H3,(H,28,29)(H,30,31). The fraction of sp³-hybridized carbons (Fsp3) is 0.208. The number of benzene rings is 2. The molecule has 0 aliphatic carbocycles. The van der Waals surface area contributed by atoms with Crippen molar-refractivity contribution in [2.45, 2.75) is 12.8 Å². The van der Waals surface area contributed by atoms with E-state index >= 15 is 0 Å². The van der Waals surface area contributed by atoms with Crippen LogP contribution in [0.3, 0.4) is 0 Å². The second-order valence-corrected chi connectivity index (χ2v) is 7.84. The number of piperidine rings is 1. The van der Waals surface area contributed by atoms with Crippen LogP contribution in [0.25, 0.3) is 10.9 Å². The third-order valence-electron chi connectivity index (χ3n) is 5.24. The predicted molar refractivity (Wildman–Crippen MR) is 127 cm³/mol. The number of nitrogens with zero attached hydrogens (tertiary/aromatic N) is 2. The highest BCUT2D eigenvalue weighted by Gasteiger charge is 2.15. The van der Waals surface area contributed by atoms with Gasteiger partial charge in [-0.15, -0.1) is 0 Å². The van der Waals surface area contributed by atoms with E-state index in [0.717, 1.165) is 37.2 Å². The average Bonchev–Trinajstić information content (AvgIpc) is 2.79. The van der Waals surface area contributed by atoms with Gasteiger partial charge in [-0.3, -0.25) is 9.78 Å². The molecule has 32 heavy (non-hydrogen) atoms. The zero-order chi connectivity index (χ0) is 22.5. The van der Waals surface area contributed by atoms with Crippen LogP contribution in [0, 0.1) is 11.3 Å². The van der Waals surface area contributed by atoms with E-state index in [1.807, 2.05) is 12.1 Å². The summed E-state index contributed by atoms with van der Waals surface area (Å²) in [7, 11) is 1.54. The lowest BCUT2D eigenvalue weighted by atomic mass is 10.0. The molecule has 1 aliphatic heterocycles. The highest BCUT2D eigenvalue weighted by Crippen LogP contribution is 2.36. The molecule has 3 N–H and O–H groups in total. The number of methoxy groups -OCH3 is 1. The molecule has 8 heteroatoms. The molecule has 162 valence electrons. The third-order valence-corrected chi connectivity index (χ3v) is 5.48. The molecule has 0 radical (unpaired) electrons. The molecule has 2 heterocycles. The van der Waals surface area contributed by atoms with E-state index in [0.29, 0.717) is 38.6 Å². The first-order chi connectivity index (χ1) is 15.6. The largest absolute Gasteiger partial charge is 0.494 e. The molecule has 0 unspecified atom stereocenters. The molecule has 1 fully saturated rings. The maximum Gasteiger partial charge on any atom is 0.248 e. The average molecular weight is 448 g/mol. The van der Waals surface area contributed by atoms with Crippen molar-refractivity contribution in [1.82, 2.24) is 10.3 Å². The number of rotatable bonds is 5. The van der Waals surface area contributed by atoms with Gasteiger partial charge in [0.15, 0.2) is 0 Å².